The van der Waals surface area contributed by atoms with Crippen molar-refractivity contribution in [1.29, 1.82) is 0 Å². The highest BCUT2D eigenvalue weighted by Crippen LogP contribution is 2.26. The number of hydrogen-bond acceptors (Lipinski definition) is 4. The maximum Gasteiger partial charge on any atom is 0.258 e. The molecule has 1 N–H and O–H groups in total. The number of aromatic nitrogens is 1. The van der Waals surface area contributed by atoms with E-state index in [-0.39, 0.29) is 21.2 Å². The second-order valence-corrected chi connectivity index (χ2v) is 6.65. The molecule has 0 spiro atoms. The summed E-state index contributed by atoms with van der Waals surface area (Å²) in [4.78, 5) is 15.5. The molecule has 0 aliphatic carbocycles. The van der Waals surface area contributed by atoms with Crippen molar-refractivity contribution in [2.24, 2.45) is 0 Å². The Morgan fingerprint density at radius 1 is 1.33 bits per heavy atom. The molecule has 110 valence electrons. The molecule has 8 heteroatoms. The van der Waals surface area contributed by atoms with Gasteiger partial charge in [0, 0.05) is 12.5 Å². The molecule has 2 aromatic rings. The number of benzene rings is 1. The quantitative estimate of drug-likeness (QED) is 0.939. The van der Waals surface area contributed by atoms with Gasteiger partial charge >= 0.3 is 0 Å². The predicted molar refractivity (Wildman–Crippen MR) is 76.7 cm³/mol. The molecular weight excluding hydrogens is 319 g/mol. The van der Waals surface area contributed by atoms with Crippen molar-refractivity contribution in [2.75, 3.05) is 11.6 Å². The summed E-state index contributed by atoms with van der Waals surface area (Å²) in [6.45, 7) is 0. The summed E-state index contributed by atoms with van der Waals surface area (Å²) in [5, 5.41) is 2.52. The number of nitrogens with zero attached hydrogens (tertiary/aromatic N) is 1. The van der Waals surface area contributed by atoms with Gasteiger partial charge in [-0.25, -0.2) is 12.8 Å². The molecule has 0 atom stereocenters. The topological polar surface area (TPSA) is 76.1 Å². The maximum absolute atomic E-state index is 13.5. The van der Waals surface area contributed by atoms with Gasteiger partial charge in [-0.1, -0.05) is 11.6 Å². The number of rotatable bonds is 3. The number of sulfone groups is 1. The van der Waals surface area contributed by atoms with E-state index in [9.17, 15) is 17.6 Å². The molecule has 0 radical (unpaired) electrons. The number of carbonyl (C=O) groups excluding carboxylic acids is 1. The molecule has 1 aromatic heterocycles. The lowest BCUT2D eigenvalue weighted by molar-refractivity contribution is 0.102. The Labute approximate surface area is 125 Å². The smallest absolute Gasteiger partial charge is 0.258 e. The van der Waals surface area contributed by atoms with Gasteiger partial charge in [-0.2, -0.15) is 0 Å². The number of halogens is 2. The minimum Gasteiger partial charge on any atom is -0.320 e. The molecule has 0 bridgehead atoms. The Bertz CT molecular complexity index is 809. The molecule has 1 heterocycles. The van der Waals surface area contributed by atoms with Gasteiger partial charge in [-0.05, 0) is 24.3 Å². The normalized spacial score (nSPS) is 11.2. The Balaban J connectivity index is 2.36. The second-order valence-electron chi connectivity index (χ2n) is 4.22. The van der Waals surface area contributed by atoms with Crippen molar-refractivity contribution in [1.82, 2.24) is 4.98 Å². The summed E-state index contributed by atoms with van der Waals surface area (Å²) in [6.07, 6.45) is 3.21. The van der Waals surface area contributed by atoms with Gasteiger partial charge in [0.2, 0.25) is 0 Å². The van der Waals surface area contributed by atoms with Gasteiger partial charge in [-0.15, -0.1) is 0 Å². The van der Waals surface area contributed by atoms with E-state index in [2.05, 4.69) is 10.3 Å². The SMILES string of the molecule is CS(=O)(=O)c1ccc(Cl)c(NC(=O)c2ccncc2F)c1. The van der Waals surface area contributed by atoms with E-state index >= 15 is 0 Å². The van der Waals surface area contributed by atoms with Crippen LogP contribution in [0.1, 0.15) is 10.4 Å². The van der Waals surface area contributed by atoms with Crippen LogP contribution < -0.4 is 5.32 Å². The molecule has 21 heavy (non-hydrogen) atoms. The van der Waals surface area contributed by atoms with Crippen LogP contribution in [0.25, 0.3) is 0 Å². The fourth-order valence-electron chi connectivity index (χ4n) is 1.58. The third-order valence-electron chi connectivity index (χ3n) is 2.63. The molecule has 1 amide bonds. The Hall–Kier alpha value is -1.99. The summed E-state index contributed by atoms with van der Waals surface area (Å²) in [6, 6.07) is 5.09. The van der Waals surface area contributed by atoms with Crippen LogP contribution in [-0.2, 0) is 9.84 Å². The second kappa shape index (κ2) is 5.79. The fourth-order valence-corrected chi connectivity index (χ4v) is 2.39. The molecular formula is C13H10ClFN2O3S. The summed E-state index contributed by atoms with van der Waals surface area (Å²) in [7, 11) is -3.44. The van der Waals surface area contributed by atoms with Gasteiger partial charge < -0.3 is 5.32 Å². The van der Waals surface area contributed by atoms with E-state index in [0.29, 0.717) is 0 Å². The van der Waals surface area contributed by atoms with Crippen LogP contribution >= 0.6 is 11.6 Å². The van der Waals surface area contributed by atoms with Crippen LogP contribution in [0.2, 0.25) is 5.02 Å². The first kappa shape index (κ1) is 15.4. The molecule has 0 fully saturated rings. The maximum atomic E-state index is 13.5. The van der Waals surface area contributed by atoms with Crippen molar-refractivity contribution in [3.8, 4) is 0 Å². The first-order chi connectivity index (χ1) is 9.79. The Morgan fingerprint density at radius 3 is 2.67 bits per heavy atom. The summed E-state index contributed by atoms with van der Waals surface area (Å²) >= 11 is 5.90. The number of nitrogens with one attached hydrogen (secondary N) is 1. The average Bonchev–Trinajstić information content (AvgIpc) is 2.40. The summed E-state index contributed by atoms with van der Waals surface area (Å²) in [5.41, 5.74) is -0.133. The molecule has 2 rings (SSSR count). The predicted octanol–water partition coefficient (Wildman–Crippen LogP) is 2.53. The lowest BCUT2D eigenvalue weighted by Crippen LogP contribution is -2.14. The fraction of sp³-hybridized carbons (Fsp3) is 0.0769. The number of pyridine rings is 1. The monoisotopic (exact) mass is 328 g/mol. The van der Waals surface area contributed by atoms with Crippen LogP contribution in [0.5, 0.6) is 0 Å². The first-order valence-corrected chi connectivity index (χ1v) is 7.96. The van der Waals surface area contributed by atoms with E-state index in [1.54, 1.807) is 0 Å². The molecule has 0 saturated heterocycles. The van der Waals surface area contributed by atoms with Crippen molar-refractivity contribution >= 4 is 33.0 Å². The van der Waals surface area contributed by atoms with E-state index in [4.69, 9.17) is 11.6 Å². The zero-order chi connectivity index (χ0) is 15.6. The van der Waals surface area contributed by atoms with Crippen molar-refractivity contribution in [3.63, 3.8) is 0 Å². The molecule has 1 aromatic carbocycles. The number of amides is 1. The molecule has 0 aliphatic heterocycles. The van der Waals surface area contributed by atoms with E-state index < -0.39 is 21.6 Å². The molecule has 5 nitrogen and oxygen atoms in total. The minimum absolute atomic E-state index is 0.00241. The Morgan fingerprint density at radius 2 is 2.05 bits per heavy atom. The number of anilines is 1. The van der Waals surface area contributed by atoms with E-state index in [1.165, 1.54) is 30.5 Å². The van der Waals surface area contributed by atoms with Crippen molar-refractivity contribution in [3.05, 3.63) is 53.1 Å². The third-order valence-corrected chi connectivity index (χ3v) is 4.07. The zero-order valence-electron chi connectivity index (χ0n) is 10.8. The van der Waals surface area contributed by atoms with Crippen molar-refractivity contribution < 1.29 is 17.6 Å². The standard InChI is InChI=1S/C13H10ClFN2O3S/c1-21(19,20)8-2-3-10(14)12(6-8)17-13(18)9-4-5-16-7-11(9)15/h2-7H,1H3,(H,17,18). The number of carbonyl (C=O) groups is 1. The highest BCUT2D eigenvalue weighted by Gasteiger charge is 2.15. The lowest BCUT2D eigenvalue weighted by Gasteiger charge is -2.09. The van der Waals surface area contributed by atoms with Crippen LogP contribution in [0.3, 0.4) is 0 Å². The van der Waals surface area contributed by atoms with Crippen LogP contribution in [0, 0.1) is 5.82 Å². The van der Waals surface area contributed by atoms with E-state index in [0.717, 1.165) is 12.5 Å². The zero-order valence-corrected chi connectivity index (χ0v) is 12.4. The summed E-state index contributed by atoms with van der Waals surface area (Å²) < 4.78 is 36.4. The van der Waals surface area contributed by atoms with Crippen LogP contribution in [0.4, 0.5) is 10.1 Å². The molecule has 0 saturated carbocycles. The van der Waals surface area contributed by atoms with Crippen LogP contribution in [0.15, 0.2) is 41.6 Å². The van der Waals surface area contributed by atoms with Gasteiger partial charge in [-0.3, -0.25) is 9.78 Å². The van der Waals surface area contributed by atoms with Crippen molar-refractivity contribution in [2.45, 2.75) is 4.90 Å². The number of hydrogen-bond donors (Lipinski definition) is 1. The largest absolute Gasteiger partial charge is 0.320 e. The van der Waals surface area contributed by atoms with Gasteiger partial charge in [0.25, 0.3) is 5.91 Å². The Kier molecular flexibility index (Phi) is 4.24. The molecule has 0 aliphatic rings. The highest BCUT2D eigenvalue weighted by molar-refractivity contribution is 7.90. The van der Waals surface area contributed by atoms with Gasteiger partial charge in [0.05, 0.1) is 27.4 Å². The summed E-state index contributed by atoms with van der Waals surface area (Å²) in [5.74, 6) is -1.53. The highest BCUT2D eigenvalue weighted by atomic mass is 35.5. The third kappa shape index (κ3) is 3.56. The van der Waals surface area contributed by atoms with Gasteiger partial charge in [0.15, 0.2) is 15.7 Å². The lowest BCUT2D eigenvalue weighted by atomic mass is 10.2. The molecule has 0 unspecified atom stereocenters. The first-order valence-electron chi connectivity index (χ1n) is 5.69. The van der Waals surface area contributed by atoms with E-state index in [1.807, 2.05) is 0 Å². The van der Waals surface area contributed by atoms with Gasteiger partial charge in [0.1, 0.15) is 0 Å². The van der Waals surface area contributed by atoms with Crippen LogP contribution in [-0.4, -0.2) is 25.6 Å². The minimum atomic E-state index is -3.44. The average molecular weight is 329 g/mol.